The van der Waals surface area contributed by atoms with E-state index in [1.807, 2.05) is 7.05 Å². The number of hydrogen-bond donors (Lipinski definition) is 2. The molecule has 2 fully saturated rings. The Labute approximate surface area is 145 Å². The lowest BCUT2D eigenvalue weighted by atomic mass is 9.89. The van der Waals surface area contributed by atoms with Gasteiger partial charge in [0.15, 0.2) is 5.96 Å². The largest absolute Gasteiger partial charge is 0.379 e. The molecule has 2 heterocycles. The van der Waals surface area contributed by atoms with Crippen molar-refractivity contribution >= 4 is 29.9 Å². The molecule has 6 heteroatoms. The first-order chi connectivity index (χ1) is 9.44. The van der Waals surface area contributed by atoms with E-state index in [1.165, 1.54) is 12.8 Å². The molecule has 2 saturated heterocycles. The number of ether oxygens (including phenoxy) is 2. The summed E-state index contributed by atoms with van der Waals surface area (Å²) in [6.07, 6.45) is 4.44. The number of methoxy groups -OCH3 is 1. The molecule has 2 bridgehead atoms. The van der Waals surface area contributed by atoms with Gasteiger partial charge >= 0.3 is 0 Å². The molecule has 0 aliphatic carbocycles. The van der Waals surface area contributed by atoms with Crippen molar-refractivity contribution in [2.24, 2.45) is 10.4 Å². The smallest absolute Gasteiger partial charge is 0.191 e. The molecular formula is C15H30IN3O2. The fourth-order valence-corrected chi connectivity index (χ4v) is 3.09. The van der Waals surface area contributed by atoms with Gasteiger partial charge in [-0.05, 0) is 24.7 Å². The van der Waals surface area contributed by atoms with Gasteiger partial charge in [0.25, 0.3) is 0 Å². The summed E-state index contributed by atoms with van der Waals surface area (Å²) in [5.41, 5.74) is 0.107. The third-order valence-electron chi connectivity index (χ3n) is 4.36. The van der Waals surface area contributed by atoms with Gasteiger partial charge in [-0.15, -0.1) is 24.0 Å². The average Bonchev–Trinajstić information content (AvgIpc) is 2.98. The molecule has 2 aliphatic heterocycles. The highest BCUT2D eigenvalue weighted by Crippen LogP contribution is 2.34. The lowest BCUT2D eigenvalue weighted by molar-refractivity contribution is 0.0204. The predicted molar refractivity (Wildman–Crippen MR) is 96.5 cm³/mol. The summed E-state index contributed by atoms with van der Waals surface area (Å²) in [5, 5.41) is 6.86. The standard InChI is InChI=1S/C15H29N3O2.HI/c1-15(2,3)13(19-5)9-17-14(16-4)18-11-8-10-6-7-12(11)20-10;/h10-13H,6-9H2,1-5H3,(H2,16,17,18);1H. The number of hydrogen-bond acceptors (Lipinski definition) is 3. The van der Waals surface area contributed by atoms with Crippen molar-refractivity contribution in [3.63, 3.8) is 0 Å². The Morgan fingerprint density at radius 1 is 1.38 bits per heavy atom. The van der Waals surface area contributed by atoms with E-state index in [0.717, 1.165) is 18.9 Å². The summed E-state index contributed by atoms with van der Waals surface area (Å²) in [5.74, 6) is 0.845. The molecule has 2 rings (SSSR count). The summed E-state index contributed by atoms with van der Waals surface area (Å²) in [7, 11) is 3.57. The summed E-state index contributed by atoms with van der Waals surface area (Å²) >= 11 is 0. The van der Waals surface area contributed by atoms with Crippen LogP contribution < -0.4 is 10.6 Å². The van der Waals surface area contributed by atoms with E-state index >= 15 is 0 Å². The molecule has 0 spiro atoms. The number of nitrogens with zero attached hydrogens (tertiary/aromatic N) is 1. The van der Waals surface area contributed by atoms with Crippen LogP contribution in [0.4, 0.5) is 0 Å². The molecule has 0 radical (unpaired) electrons. The van der Waals surface area contributed by atoms with Crippen LogP contribution in [0, 0.1) is 5.41 Å². The molecule has 2 aliphatic rings. The highest BCUT2D eigenvalue weighted by molar-refractivity contribution is 14.0. The number of rotatable bonds is 4. The van der Waals surface area contributed by atoms with Crippen LogP contribution in [0.25, 0.3) is 0 Å². The zero-order valence-electron chi connectivity index (χ0n) is 13.8. The van der Waals surface area contributed by atoms with Crippen molar-refractivity contribution in [3.8, 4) is 0 Å². The Morgan fingerprint density at radius 2 is 2.10 bits per heavy atom. The maximum Gasteiger partial charge on any atom is 0.191 e. The van der Waals surface area contributed by atoms with Crippen LogP contribution in [0.3, 0.4) is 0 Å². The second kappa shape index (κ2) is 7.97. The van der Waals surface area contributed by atoms with Crippen molar-refractivity contribution in [1.29, 1.82) is 0 Å². The first kappa shape index (κ1) is 19.0. The zero-order valence-corrected chi connectivity index (χ0v) is 16.1. The molecule has 4 atom stereocenters. The summed E-state index contributed by atoms with van der Waals surface area (Å²) in [6.45, 7) is 7.30. The van der Waals surface area contributed by atoms with Crippen LogP contribution in [0.1, 0.15) is 40.0 Å². The summed E-state index contributed by atoms with van der Waals surface area (Å²) < 4.78 is 11.4. The number of halogens is 1. The highest BCUT2D eigenvalue weighted by atomic mass is 127. The normalized spacial score (nSPS) is 30.0. The molecule has 2 N–H and O–H groups in total. The Bertz CT molecular complexity index is 357. The van der Waals surface area contributed by atoms with Gasteiger partial charge in [0, 0.05) is 20.7 Å². The molecular weight excluding hydrogens is 381 g/mol. The van der Waals surface area contributed by atoms with Gasteiger partial charge < -0.3 is 20.1 Å². The predicted octanol–water partition coefficient (Wildman–Crippen LogP) is 2.15. The second-order valence-electron chi connectivity index (χ2n) is 6.90. The third kappa shape index (κ3) is 4.96. The van der Waals surface area contributed by atoms with Gasteiger partial charge in [-0.2, -0.15) is 0 Å². The monoisotopic (exact) mass is 411 g/mol. The molecule has 0 amide bonds. The van der Waals surface area contributed by atoms with Crippen molar-refractivity contribution in [1.82, 2.24) is 10.6 Å². The first-order valence-corrected chi connectivity index (χ1v) is 7.59. The van der Waals surface area contributed by atoms with E-state index < -0.39 is 0 Å². The average molecular weight is 411 g/mol. The molecule has 0 aromatic carbocycles. The van der Waals surface area contributed by atoms with Gasteiger partial charge in [-0.25, -0.2) is 0 Å². The lowest BCUT2D eigenvalue weighted by Gasteiger charge is -2.30. The van der Waals surface area contributed by atoms with Crippen molar-refractivity contribution in [2.75, 3.05) is 20.7 Å². The van der Waals surface area contributed by atoms with Crippen LogP contribution in [-0.4, -0.2) is 51.0 Å². The molecule has 0 saturated carbocycles. The van der Waals surface area contributed by atoms with E-state index in [1.54, 1.807) is 7.11 Å². The Hall–Kier alpha value is -0.0800. The molecule has 124 valence electrons. The highest BCUT2D eigenvalue weighted by Gasteiger charge is 2.41. The number of guanidine groups is 1. The third-order valence-corrected chi connectivity index (χ3v) is 4.36. The SMILES string of the molecule is CN=C(NCC(OC)C(C)(C)C)NC1CC2CCC1O2.I. The molecule has 0 aromatic heterocycles. The van der Waals surface area contributed by atoms with Crippen LogP contribution in [0.15, 0.2) is 4.99 Å². The Balaban J connectivity index is 0.00000220. The van der Waals surface area contributed by atoms with Crippen molar-refractivity contribution in [2.45, 2.75) is 64.4 Å². The number of aliphatic imine (C=N–C) groups is 1. The Kier molecular flexibility index (Phi) is 7.19. The van der Waals surface area contributed by atoms with Crippen molar-refractivity contribution in [3.05, 3.63) is 0 Å². The fraction of sp³-hybridized carbons (Fsp3) is 0.933. The molecule has 21 heavy (non-hydrogen) atoms. The quantitative estimate of drug-likeness (QED) is 0.423. The molecule has 5 nitrogen and oxygen atoms in total. The van der Waals surface area contributed by atoms with Gasteiger partial charge in [0.05, 0.1) is 24.4 Å². The van der Waals surface area contributed by atoms with Gasteiger partial charge in [0.2, 0.25) is 0 Å². The Morgan fingerprint density at radius 3 is 2.52 bits per heavy atom. The topological polar surface area (TPSA) is 54.9 Å². The zero-order chi connectivity index (χ0) is 14.8. The van der Waals surface area contributed by atoms with Gasteiger partial charge in [0.1, 0.15) is 0 Å². The minimum Gasteiger partial charge on any atom is -0.379 e. The van der Waals surface area contributed by atoms with Gasteiger partial charge in [-0.1, -0.05) is 20.8 Å². The van der Waals surface area contributed by atoms with Crippen LogP contribution in [0.2, 0.25) is 0 Å². The summed E-state index contributed by atoms with van der Waals surface area (Å²) in [6, 6.07) is 0.399. The maximum absolute atomic E-state index is 5.86. The van der Waals surface area contributed by atoms with E-state index in [0.29, 0.717) is 18.2 Å². The van der Waals surface area contributed by atoms with E-state index in [9.17, 15) is 0 Å². The first-order valence-electron chi connectivity index (χ1n) is 7.59. The molecule has 4 unspecified atom stereocenters. The number of fused-ring (bicyclic) bond motifs is 2. The van der Waals surface area contributed by atoms with Crippen molar-refractivity contribution < 1.29 is 9.47 Å². The van der Waals surface area contributed by atoms with Gasteiger partial charge in [-0.3, -0.25) is 4.99 Å². The van der Waals surface area contributed by atoms with E-state index in [2.05, 4.69) is 36.4 Å². The summed E-state index contributed by atoms with van der Waals surface area (Å²) in [4.78, 5) is 4.31. The van der Waals surface area contributed by atoms with E-state index in [4.69, 9.17) is 9.47 Å². The minimum absolute atomic E-state index is 0. The lowest BCUT2D eigenvalue weighted by Crippen LogP contribution is -2.50. The minimum atomic E-state index is 0. The number of nitrogens with one attached hydrogen (secondary N) is 2. The van der Waals surface area contributed by atoms with Crippen LogP contribution in [-0.2, 0) is 9.47 Å². The van der Waals surface area contributed by atoms with Crippen LogP contribution in [0.5, 0.6) is 0 Å². The van der Waals surface area contributed by atoms with Crippen LogP contribution >= 0.6 is 24.0 Å². The second-order valence-corrected chi connectivity index (χ2v) is 6.90. The molecule has 0 aromatic rings. The fourth-order valence-electron chi connectivity index (χ4n) is 3.09. The maximum atomic E-state index is 5.86. The van der Waals surface area contributed by atoms with E-state index in [-0.39, 0.29) is 35.5 Å².